The molecule has 0 saturated heterocycles. The average Bonchev–Trinajstić information content (AvgIpc) is 3.02. The predicted octanol–water partition coefficient (Wildman–Crippen LogP) is 3.27. The van der Waals surface area contributed by atoms with Crippen LogP contribution in [-0.4, -0.2) is 40.9 Å². The molecule has 126 valence electrons. The molecule has 1 aliphatic heterocycles. The first-order valence-electron chi connectivity index (χ1n) is 7.93. The second-order valence-electron chi connectivity index (χ2n) is 6.08. The monoisotopic (exact) mass is 344 g/mol. The van der Waals surface area contributed by atoms with Gasteiger partial charge >= 0.3 is 5.92 Å². The smallest absolute Gasteiger partial charge is 0.342 e. The van der Waals surface area contributed by atoms with Crippen LogP contribution in [0.25, 0.3) is 0 Å². The number of carbonyl (C=O) groups excluding carboxylic acids is 1. The van der Waals surface area contributed by atoms with Gasteiger partial charge in [-0.3, -0.25) is 4.79 Å². The number of hydrogen-bond acceptors (Lipinski definition) is 4. The second-order valence-corrected chi connectivity index (χ2v) is 6.41. The number of amides is 1. The zero-order valence-electron chi connectivity index (χ0n) is 12.9. The van der Waals surface area contributed by atoms with Gasteiger partial charge < -0.3 is 9.80 Å². The molecule has 0 bridgehead atoms. The summed E-state index contributed by atoms with van der Waals surface area (Å²) >= 11 is 5.89. The SMILES string of the molecule is CCCN1C(=O)C(F)(F)CN(C2CCCC2)c2nc(Cl)ncc21. The van der Waals surface area contributed by atoms with Gasteiger partial charge in [0.2, 0.25) is 5.28 Å². The summed E-state index contributed by atoms with van der Waals surface area (Å²) in [4.78, 5) is 23.1. The van der Waals surface area contributed by atoms with E-state index < -0.39 is 18.4 Å². The fraction of sp³-hybridized carbons (Fsp3) is 0.667. The van der Waals surface area contributed by atoms with Gasteiger partial charge in [-0.25, -0.2) is 4.98 Å². The predicted molar refractivity (Wildman–Crippen MR) is 84.2 cm³/mol. The van der Waals surface area contributed by atoms with Gasteiger partial charge in [-0.2, -0.15) is 13.8 Å². The summed E-state index contributed by atoms with van der Waals surface area (Å²) in [5.41, 5.74) is 0.324. The highest BCUT2D eigenvalue weighted by Gasteiger charge is 2.49. The van der Waals surface area contributed by atoms with E-state index in [1.165, 1.54) is 6.20 Å². The third-order valence-corrected chi connectivity index (χ3v) is 4.61. The number of alkyl halides is 2. The molecule has 1 saturated carbocycles. The van der Waals surface area contributed by atoms with Crippen LogP contribution in [0.5, 0.6) is 0 Å². The van der Waals surface area contributed by atoms with Crippen LogP contribution in [-0.2, 0) is 4.79 Å². The van der Waals surface area contributed by atoms with E-state index in [2.05, 4.69) is 9.97 Å². The lowest BCUT2D eigenvalue weighted by Crippen LogP contribution is -2.49. The van der Waals surface area contributed by atoms with Gasteiger partial charge in [-0.1, -0.05) is 19.8 Å². The Kier molecular flexibility index (Phi) is 4.40. The van der Waals surface area contributed by atoms with Crippen molar-refractivity contribution in [3.8, 4) is 0 Å². The summed E-state index contributed by atoms with van der Waals surface area (Å²) in [5, 5.41) is 0.000797. The molecule has 1 fully saturated rings. The standard InChI is InChI=1S/C15H19ClF2N4O/c1-2-7-21-11-8-19-14(16)20-12(11)22(10-5-3-4-6-10)9-15(17,18)13(21)23/h8,10H,2-7,9H2,1H3. The first-order valence-corrected chi connectivity index (χ1v) is 8.31. The van der Waals surface area contributed by atoms with Crippen molar-refractivity contribution in [3.05, 3.63) is 11.5 Å². The van der Waals surface area contributed by atoms with Crippen LogP contribution in [0.1, 0.15) is 39.0 Å². The number of carbonyl (C=O) groups is 1. The molecule has 0 spiro atoms. The van der Waals surface area contributed by atoms with Crippen LogP contribution in [0.3, 0.4) is 0 Å². The number of hydrogen-bond donors (Lipinski definition) is 0. The maximum absolute atomic E-state index is 14.5. The lowest BCUT2D eigenvalue weighted by molar-refractivity contribution is -0.141. The van der Waals surface area contributed by atoms with Crippen molar-refractivity contribution in [2.45, 2.75) is 51.0 Å². The molecule has 1 aromatic heterocycles. The Morgan fingerprint density at radius 2 is 2.09 bits per heavy atom. The lowest BCUT2D eigenvalue weighted by Gasteiger charge is -2.30. The van der Waals surface area contributed by atoms with E-state index in [0.29, 0.717) is 17.9 Å². The number of aromatic nitrogens is 2. The number of nitrogens with zero attached hydrogens (tertiary/aromatic N) is 4. The van der Waals surface area contributed by atoms with E-state index in [4.69, 9.17) is 11.6 Å². The Balaban J connectivity index is 2.12. The number of rotatable bonds is 3. The highest BCUT2D eigenvalue weighted by Crippen LogP contribution is 2.39. The summed E-state index contributed by atoms with van der Waals surface area (Å²) in [6, 6.07) is -0.0417. The Bertz CT molecular complexity index is 607. The molecule has 0 atom stereocenters. The average molecular weight is 345 g/mol. The third-order valence-electron chi connectivity index (χ3n) is 4.42. The molecule has 0 radical (unpaired) electrons. The van der Waals surface area contributed by atoms with Gasteiger partial charge in [0.25, 0.3) is 5.91 Å². The highest BCUT2D eigenvalue weighted by atomic mass is 35.5. The molecule has 8 heteroatoms. The van der Waals surface area contributed by atoms with E-state index in [1.807, 2.05) is 6.92 Å². The first-order chi connectivity index (χ1) is 10.9. The van der Waals surface area contributed by atoms with Crippen molar-refractivity contribution in [1.29, 1.82) is 0 Å². The molecule has 0 unspecified atom stereocenters. The molecule has 2 aliphatic rings. The first kappa shape index (κ1) is 16.4. The molecular weight excluding hydrogens is 326 g/mol. The Hall–Kier alpha value is -1.50. The summed E-state index contributed by atoms with van der Waals surface area (Å²) in [5.74, 6) is -4.30. The largest absolute Gasteiger partial charge is 0.345 e. The Morgan fingerprint density at radius 1 is 1.39 bits per heavy atom. The van der Waals surface area contributed by atoms with Gasteiger partial charge in [-0.15, -0.1) is 0 Å². The highest BCUT2D eigenvalue weighted by molar-refractivity contribution is 6.28. The fourth-order valence-corrected chi connectivity index (χ4v) is 3.50. The van der Waals surface area contributed by atoms with E-state index in [-0.39, 0.29) is 17.9 Å². The molecule has 1 aromatic rings. The minimum Gasteiger partial charge on any atom is -0.345 e. The molecule has 23 heavy (non-hydrogen) atoms. The van der Waals surface area contributed by atoms with E-state index in [0.717, 1.165) is 30.6 Å². The molecule has 2 heterocycles. The molecular formula is C15H19ClF2N4O. The normalized spacial score (nSPS) is 21.5. The van der Waals surface area contributed by atoms with E-state index in [9.17, 15) is 13.6 Å². The van der Waals surface area contributed by atoms with Crippen molar-refractivity contribution < 1.29 is 13.6 Å². The van der Waals surface area contributed by atoms with Crippen LogP contribution in [0, 0.1) is 0 Å². The Labute approximate surface area is 138 Å². The second kappa shape index (κ2) is 6.19. The van der Waals surface area contributed by atoms with Gasteiger partial charge in [0.1, 0.15) is 5.69 Å². The van der Waals surface area contributed by atoms with Crippen molar-refractivity contribution >= 4 is 29.0 Å². The molecule has 5 nitrogen and oxygen atoms in total. The van der Waals surface area contributed by atoms with Crippen LogP contribution in [0.4, 0.5) is 20.3 Å². The Morgan fingerprint density at radius 3 is 2.74 bits per heavy atom. The van der Waals surface area contributed by atoms with Crippen molar-refractivity contribution in [2.75, 3.05) is 22.9 Å². The van der Waals surface area contributed by atoms with Crippen molar-refractivity contribution in [1.82, 2.24) is 9.97 Å². The van der Waals surface area contributed by atoms with Gasteiger partial charge in [0.05, 0.1) is 12.7 Å². The van der Waals surface area contributed by atoms with Crippen molar-refractivity contribution in [3.63, 3.8) is 0 Å². The summed E-state index contributed by atoms with van der Waals surface area (Å²) in [7, 11) is 0. The number of anilines is 2. The maximum atomic E-state index is 14.5. The third kappa shape index (κ3) is 2.98. The van der Waals surface area contributed by atoms with E-state index in [1.54, 1.807) is 4.90 Å². The minimum atomic E-state index is -3.45. The van der Waals surface area contributed by atoms with Crippen molar-refractivity contribution in [2.24, 2.45) is 0 Å². The lowest BCUT2D eigenvalue weighted by atomic mass is 10.2. The quantitative estimate of drug-likeness (QED) is 0.790. The van der Waals surface area contributed by atoms with Crippen LogP contribution in [0.15, 0.2) is 6.20 Å². The summed E-state index contributed by atoms with van der Waals surface area (Å²) in [6.45, 7) is 1.38. The van der Waals surface area contributed by atoms with Gasteiger partial charge in [-0.05, 0) is 30.9 Å². The van der Waals surface area contributed by atoms with E-state index >= 15 is 0 Å². The molecule has 1 amide bonds. The topological polar surface area (TPSA) is 49.3 Å². The number of fused-ring (bicyclic) bond motifs is 1. The maximum Gasteiger partial charge on any atom is 0.342 e. The van der Waals surface area contributed by atoms with Crippen LogP contribution >= 0.6 is 11.6 Å². The molecule has 1 aliphatic carbocycles. The zero-order valence-corrected chi connectivity index (χ0v) is 13.7. The fourth-order valence-electron chi connectivity index (χ4n) is 3.37. The minimum absolute atomic E-state index is 0.000797. The van der Waals surface area contributed by atoms with Crippen LogP contribution in [0.2, 0.25) is 5.28 Å². The zero-order chi connectivity index (χ0) is 16.6. The van der Waals surface area contributed by atoms with Gasteiger partial charge in [0.15, 0.2) is 5.82 Å². The summed E-state index contributed by atoms with van der Waals surface area (Å²) in [6.07, 6.45) is 5.56. The summed E-state index contributed by atoms with van der Waals surface area (Å²) < 4.78 is 29.0. The van der Waals surface area contributed by atoms with Gasteiger partial charge in [0, 0.05) is 12.6 Å². The molecule has 3 rings (SSSR count). The molecule has 0 aromatic carbocycles. The molecule has 0 N–H and O–H groups in total. The number of halogens is 3. The van der Waals surface area contributed by atoms with Crippen LogP contribution < -0.4 is 9.80 Å².